The molecule has 0 unspecified atom stereocenters. The minimum Gasteiger partial charge on any atom is -0.493 e. The van der Waals surface area contributed by atoms with Crippen LogP contribution < -0.4 is 14.4 Å². The Labute approximate surface area is 182 Å². The molecule has 0 amide bonds. The molecule has 7 nitrogen and oxygen atoms in total. The van der Waals surface area contributed by atoms with Gasteiger partial charge in [0.2, 0.25) is 0 Å². The van der Waals surface area contributed by atoms with Crippen molar-refractivity contribution in [1.29, 1.82) is 0 Å². The van der Waals surface area contributed by atoms with Gasteiger partial charge in [-0.3, -0.25) is 0 Å². The Kier molecular flexibility index (Phi) is 6.84. The zero-order valence-electron chi connectivity index (χ0n) is 18.5. The van der Waals surface area contributed by atoms with Crippen molar-refractivity contribution in [2.24, 2.45) is 0 Å². The monoisotopic (exact) mass is 424 g/mol. The molecule has 0 saturated heterocycles. The van der Waals surface area contributed by atoms with E-state index in [1.54, 1.807) is 25.4 Å². The highest BCUT2D eigenvalue weighted by Gasteiger charge is 2.20. The lowest BCUT2D eigenvalue weighted by atomic mass is 10.1. The molecular weight excluding hydrogens is 396 g/mol. The number of rotatable bonds is 8. The molecule has 2 aromatic carbocycles. The van der Waals surface area contributed by atoms with Crippen molar-refractivity contribution in [2.45, 2.75) is 39.8 Å². The van der Waals surface area contributed by atoms with Gasteiger partial charge in [0.25, 0.3) is 0 Å². The fourth-order valence-corrected chi connectivity index (χ4v) is 3.04. The molecule has 0 saturated carbocycles. The average molecular weight is 424 g/mol. The van der Waals surface area contributed by atoms with E-state index in [9.17, 15) is 4.79 Å². The van der Waals surface area contributed by atoms with Gasteiger partial charge < -0.3 is 23.5 Å². The molecule has 0 fully saturated rings. The van der Waals surface area contributed by atoms with Crippen molar-refractivity contribution >= 4 is 17.3 Å². The molecule has 0 aliphatic rings. The number of ether oxygens (including phenoxy) is 3. The summed E-state index contributed by atoms with van der Waals surface area (Å²) in [6.07, 6.45) is 3.06. The molecule has 0 aliphatic heterocycles. The SMILES string of the molecule is CCOc1ccc(N(Cc2cnco2)c2cccc(C(=O)OC(C)(C)C)c2)cc1OC. The van der Waals surface area contributed by atoms with Crippen LogP contribution in [-0.4, -0.2) is 30.3 Å². The van der Waals surface area contributed by atoms with Gasteiger partial charge in [0.1, 0.15) is 11.4 Å². The number of aromatic nitrogens is 1. The van der Waals surface area contributed by atoms with Crippen molar-refractivity contribution in [3.63, 3.8) is 0 Å². The molecule has 0 bridgehead atoms. The Bertz CT molecular complexity index is 1010. The van der Waals surface area contributed by atoms with E-state index in [2.05, 4.69) is 4.98 Å². The molecule has 0 radical (unpaired) electrons. The van der Waals surface area contributed by atoms with E-state index in [0.717, 1.165) is 11.4 Å². The molecule has 0 spiro atoms. The Morgan fingerprint density at radius 3 is 2.52 bits per heavy atom. The van der Waals surface area contributed by atoms with Gasteiger partial charge in [-0.15, -0.1) is 0 Å². The molecule has 0 atom stereocenters. The van der Waals surface area contributed by atoms with Gasteiger partial charge in [0.15, 0.2) is 17.9 Å². The normalized spacial score (nSPS) is 11.1. The van der Waals surface area contributed by atoms with E-state index < -0.39 is 5.60 Å². The highest BCUT2D eigenvalue weighted by molar-refractivity contribution is 5.91. The van der Waals surface area contributed by atoms with Crippen LogP contribution >= 0.6 is 0 Å². The number of benzene rings is 2. The van der Waals surface area contributed by atoms with Crippen LogP contribution in [0, 0.1) is 0 Å². The maximum atomic E-state index is 12.6. The van der Waals surface area contributed by atoms with Gasteiger partial charge in [-0.1, -0.05) is 6.07 Å². The first-order valence-electron chi connectivity index (χ1n) is 10.1. The quantitative estimate of drug-likeness (QED) is 0.450. The van der Waals surface area contributed by atoms with Crippen LogP contribution in [0.5, 0.6) is 11.5 Å². The van der Waals surface area contributed by atoms with Gasteiger partial charge in [0.05, 0.1) is 32.0 Å². The molecular formula is C24H28N2O5. The summed E-state index contributed by atoms with van der Waals surface area (Å²) >= 11 is 0. The first kappa shape index (κ1) is 22.2. The fraction of sp³-hybridized carbons (Fsp3) is 0.333. The highest BCUT2D eigenvalue weighted by atomic mass is 16.6. The number of hydrogen-bond donors (Lipinski definition) is 0. The Hall–Kier alpha value is -3.48. The highest BCUT2D eigenvalue weighted by Crippen LogP contribution is 2.36. The van der Waals surface area contributed by atoms with Crippen LogP contribution in [0.15, 0.2) is 59.5 Å². The topological polar surface area (TPSA) is 74.0 Å². The number of esters is 1. The molecule has 1 aromatic heterocycles. The zero-order chi connectivity index (χ0) is 22.4. The molecule has 1 heterocycles. The van der Waals surface area contributed by atoms with E-state index in [4.69, 9.17) is 18.6 Å². The van der Waals surface area contributed by atoms with Crippen molar-refractivity contribution in [3.05, 3.63) is 66.4 Å². The van der Waals surface area contributed by atoms with Crippen LogP contribution in [0.25, 0.3) is 0 Å². The van der Waals surface area contributed by atoms with E-state index in [1.165, 1.54) is 6.39 Å². The second kappa shape index (κ2) is 9.55. The second-order valence-electron chi connectivity index (χ2n) is 7.87. The van der Waals surface area contributed by atoms with Crippen molar-refractivity contribution in [3.8, 4) is 11.5 Å². The maximum Gasteiger partial charge on any atom is 0.338 e. The summed E-state index contributed by atoms with van der Waals surface area (Å²) in [5.74, 6) is 1.58. The Morgan fingerprint density at radius 1 is 1.10 bits per heavy atom. The first-order chi connectivity index (χ1) is 14.8. The summed E-state index contributed by atoms with van der Waals surface area (Å²) in [6, 6.07) is 13.0. The van der Waals surface area contributed by atoms with Gasteiger partial charge in [0, 0.05) is 17.4 Å². The van der Waals surface area contributed by atoms with Gasteiger partial charge in [-0.05, 0) is 58.0 Å². The van der Waals surface area contributed by atoms with Crippen LogP contribution in [0.3, 0.4) is 0 Å². The van der Waals surface area contributed by atoms with Crippen LogP contribution in [0.2, 0.25) is 0 Å². The van der Waals surface area contributed by atoms with Gasteiger partial charge in [-0.25, -0.2) is 9.78 Å². The molecule has 0 N–H and O–H groups in total. The smallest absolute Gasteiger partial charge is 0.338 e. The van der Waals surface area contributed by atoms with Crippen molar-refractivity contribution < 1.29 is 23.4 Å². The van der Waals surface area contributed by atoms with Crippen LogP contribution in [0.1, 0.15) is 43.8 Å². The summed E-state index contributed by atoms with van der Waals surface area (Å²) in [6.45, 7) is 8.40. The third-order valence-electron chi connectivity index (χ3n) is 4.35. The number of oxazole rings is 1. The molecule has 3 rings (SSSR count). The standard InChI is InChI=1S/C24H28N2O5/c1-6-29-21-11-10-19(13-22(21)28-5)26(15-20-14-25-16-30-20)18-9-7-8-17(12-18)23(27)31-24(2,3)4/h7-14,16H,6,15H2,1-5H3. The summed E-state index contributed by atoms with van der Waals surface area (Å²) in [5.41, 5.74) is 1.53. The molecule has 3 aromatic rings. The third-order valence-corrected chi connectivity index (χ3v) is 4.35. The van der Waals surface area contributed by atoms with Crippen molar-refractivity contribution in [1.82, 2.24) is 4.98 Å². The van der Waals surface area contributed by atoms with Gasteiger partial charge >= 0.3 is 5.97 Å². The Morgan fingerprint density at radius 2 is 1.87 bits per heavy atom. The van der Waals surface area contributed by atoms with Crippen molar-refractivity contribution in [2.75, 3.05) is 18.6 Å². The van der Waals surface area contributed by atoms with E-state index >= 15 is 0 Å². The molecule has 7 heteroatoms. The lowest BCUT2D eigenvalue weighted by molar-refractivity contribution is 0.00695. The number of anilines is 2. The van der Waals surface area contributed by atoms with E-state index in [0.29, 0.717) is 36.0 Å². The van der Waals surface area contributed by atoms with Gasteiger partial charge in [-0.2, -0.15) is 0 Å². The lowest BCUT2D eigenvalue weighted by Crippen LogP contribution is -2.24. The summed E-state index contributed by atoms with van der Waals surface area (Å²) < 4.78 is 22.1. The first-order valence-corrected chi connectivity index (χ1v) is 10.1. The zero-order valence-corrected chi connectivity index (χ0v) is 18.5. The molecule has 0 aliphatic carbocycles. The number of methoxy groups -OCH3 is 1. The number of nitrogens with zero attached hydrogens (tertiary/aromatic N) is 2. The molecule has 164 valence electrons. The Balaban J connectivity index is 2.00. The minimum absolute atomic E-state index is 0.377. The maximum absolute atomic E-state index is 12.6. The summed E-state index contributed by atoms with van der Waals surface area (Å²) in [7, 11) is 1.60. The average Bonchev–Trinajstić information content (AvgIpc) is 3.25. The summed E-state index contributed by atoms with van der Waals surface area (Å²) in [5, 5.41) is 0. The van der Waals surface area contributed by atoms with Crippen LogP contribution in [-0.2, 0) is 11.3 Å². The molecule has 31 heavy (non-hydrogen) atoms. The number of carbonyl (C=O) groups excluding carboxylic acids is 1. The van der Waals surface area contributed by atoms with Crippen LogP contribution in [0.4, 0.5) is 11.4 Å². The fourth-order valence-electron chi connectivity index (χ4n) is 3.04. The largest absolute Gasteiger partial charge is 0.493 e. The summed E-state index contributed by atoms with van der Waals surface area (Å²) in [4.78, 5) is 18.6. The lowest BCUT2D eigenvalue weighted by Gasteiger charge is -2.26. The minimum atomic E-state index is -0.574. The second-order valence-corrected chi connectivity index (χ2v) is 7.87. The number of hydrogen-bond acceptors (Lipinski definition) is 7. The predicted octanol–water partition coefficient (Wildman–Crippen LogP) is 5.38. The predicted molar refractivity (Wildman–Crippen MR) is 118 cm³/mol. The number of carbonyl (C=O) groups is 1. The van der Waals surface area contributed by atoms with E-state index in [1.807, 2.05) is 62.9 Å². The third kappa shape index (κ3) is 5.78. The van der Waals surface area contributed by atoms with E-state index in [-0.39, 0.29) is 5.97 Å².